The molecule has 0 aliphatic heterocycles. The molecule has 0 aliphatic carbocycles. The van der Waals surface area contributed by atoms with Gasteiger partial charge in [0.25, 0.3) is 5.78 Å². The molecule has 3 nitrogen and oxygen atoms in total. The molecule has 0 heterocycles. The lowest BCUT2D eigenvalue weighted by Crippen LogP contribution is -2.22. The molecule has 0 spiro atoms. The zero-order valence-corrected chi connectivity index (χ0v) is 6.80. The average Bonchev–Trinajstić information content (AvgIpc) is 2.15. The molecule has 0 atom stereocenters. The van der Waals surface area contributed by atoms with Crippen LogP contribution in [0.1, 0.15) is 10.4 Å². The van der Waals surface area contributed by atoms with Gasteiger partial charge >= 0.3 is 6.18 Å². The Balaban J connectivity index is 2.98. The molecule has 1 aromatic carbocycles. The quantitative estimate of drug-likeness (QED) is 0.581. The summed E-state index contributed by atoms with van der Waals surface area (Å²) >= 11 is 0. The van der Waals surface area contributed by atoms with Crippen molar-refractivity contribution in [2.45, 2.75) is 6.18 Å². The lowest BCUT2D eigenvalue weighted by Gasteiger charge is -2.04. The molecule has 0 fully saturated rings. The van der Waals surface area contributed by atoms with Gasteiger partial charge < -0.3 is 0 Å². The van der Waals surface area contributed by atoms with Crippen LogP contribution in [0.15, 0.2) is 29.4 Å². The van der Waals surface area contributed by atoms with Crippen LogP contribution in [0.4, 0.5) is 18.9 Å². The Morgan fingerprint density at radius 3 is 2.07 bits per heavy atom. The SMILES string of the molecule is N=Nc1ccc(C(=O)C(F)(F)F)cc1. The third-order valence-electron chi connectivity index (χ3n) is 1.52. The van der Waals surface area contributed by atoms with Crippen LogP contribution in [-0.4, -0.2) is 12.0 Å². The van der Waals surface area contributed by atoms with Gasteiger partial charge in [0, 0.05) is 5.56 Å². The number of nitrogens with one attached hydrogen (secondary N) is 1. The van der Waals surface area contributed by atoms with Crippen molar-refractivity contribution < 1.29 is 18.0 Å². The Kier molecular flexibility index (Phi) is 2.64. The van der Waals surface area contributed by atoms with Crippen molar-refractivity contribution in [1.29, 1.82) is 5.53 Å². The highest BCUT2D eigenvalue weighted by Crippen LogP contribution is 2.22. The van der Waals surface area contributed by atoms with Gasteiger partial charge in [-0.1, -0.05) is 0 Å². The number of hydrogen-bond acceptors (Lipinski definition) is 3. The molecule has 0 amide bonds. The van der Waals surface area contributed by atoms with Gasteiger partial charge in [-0.2, -0.15) is 18.3 Å². The average molecular weight is 202 g/mol. The maximum absolute atomic E-state index is 11.9. The van der Waals surface area contributed by atoms with E-state index >= 15 is 0 Å². The molecule has 74 valence electrons. The number of carbonyl (C=O) groups excluding carboxylic acids is 1. The smallest absolute Gasteiger partial charge is 0.284 e. The van der Waals surface area contributed by atoms with Crippen molar-refractivity contribution in [3.63, 3.8) is 0 Å². The monoisotopic (exact) mass is 202 g/mol. The highest BCUT2D eigenvalue weighted by Gasteiger charge is 2.39. The summed E-state index contributed by atoms with van der Waals surface area (Å²) < 4.78 is 35.7. The summed E-state index contributed by atoms with van der Waals surface area (Å²) in [6, 6.07) is 4.32. The number of carbonyl (C=O) groups is 1. The molecule has 0 saturated carbocycles. The van der Waals surface area contributed by atoms with Crippen LogP contribution in [0.2, 0.25) is 0 Å². The van der Waals surface area contributed by atoms with E-state index in [-0.39, 0.29) is 5.69 Å². The number of alkyl halides is 3. The van der Waals surface area contributed by atoms with Crippen LogP contribution < -0.4 is 0 Å². The zero-order chi connectivity index (χ0) is 10.8. The van der Waals surface area contributed by atoms with Crippen molar-refractivity contribution in [3.05, 3.63) is 29.8 Å². The predicted octanol–water partition coefficient (Wildman–Crippen LogP) is 3.09. The van der Waals surface area contributed by atoms with Crippen molar-refractivity contribution in [2.24, 2.45) is 5.11 Å². The lowest BCUT2D eigenvalue weighted by atomic mass is 10.1. The first-order valence-corrected chi connectivity index (χ1v) is 3.54. The summed E-state index contributed by atoms with van der Waals surface area (Å²) in [5.41, 5.74) is 6.31. The molecular weight excluding hydrogens is 197 g/mol. The van der Waals surface area contributed by atoms with Gasteiger partial charge in [0.2, 0.25) is 0 Å². The van der Waals surface area contributed by atoms with Crippen LogP contribution in [0.5, 0.6) is 0 Å². The fourth-order valence-corrected chi connectivity index (χ4v) is 0.851. The largest absolute Gasteiger partial charge is 0.454 e. The van der Waals surface area contributed by atoms with Crippen molar-refractivity contribution in [3.8, 4) is 0 Å². The van der Waals surface area contributed by atoms with Gasteiger partial charge in [0.15, 0.2) is 0 Å². The lowest BCUT2D eigenvalue weighted by molar-refractivity contribution is -0.0885. The number of ketones is 1. The number of benzene rings is 1. The molecule has 1 rings (SSSR count). The Hall–Kier alpha value is -1.72. The summed E-state index contributed by atoms with van der Waals surface area (Å²) in [6.07, 6.45) is -4.86. The molecule has 0 unspecified atom stereocenters. The molecule has 0 aliphatic rings. The van der Waals surface area contributed by atoms with Crippen molar-refractivity contribution >= 4 is 11.5 Å². The first kappa shape index (κ1) is 10.4. The molecule has 1 N–H and O–H groups in total. The minimum Gasteiger partial charge on any atom is -0.284 e. The van der Waals surface area contributed by atoms with Crippen LogP contribution in [0, 0.1) is 5.53 Å². The molecular formula is C8H5F3N2O. The summed E-state index contributed by atoms with van der Waals surface area (Å²) in [7, 11) is 0. The second-order valence-electron chi connectivity index (χ2n) is 2.49. The van der Waals surface area contributed by atoms with Crippen LogP contribution in [-0.2, 0) is 0 Å². The topological polar surface area (TPSA) is 53.3 Å². The Morgan fingerprint density at radius 2 is 1.71 bits per heavy atom. The van der Waals surface area contributed by atoms with Gasteiger partial charge in [0.05, 0.1) is 5.69 Å². The highest BCUT2D eigenvalue weighted by molar-refractivity contribution is 6.00. The number of halogens is 3. The fourth-order valence-electron chi connectivity index (χ4n) is 0.851. The molecule has 0 bridgehead atoms. The van der Waals surface area contributed by atoms with E-state index in [1.54, 1.807) is 0 Å². The first-order valence-electron chi connectivity index (χ1n) is 3.54. The van der Waals surface area contributed by atoms with Gasteiger partial charge in [-0.25, -0.2) is 5.53 Å². The highest BCUT2D eigenvalue weighted by atomic mass is 19.4. The van der Waals surface area contributed by atoms with E-state index in [4.69, 9.17) is 5.53 Å². The zero-order valence-electron chi connectivity index (χ0n) is 6.80. The van der Waals surface area contributed by atoms with E-state index in [0.29, 0.717) is 0 Å². The van der Waals surface area contributed by atoms with E-state index in [1.165, 1.54) is 12.1 Å². The maximum Gasteiger partial charge on any atom is 0.454 e. The Labute approximate surface area is 77.1 Å². The molecule has 6 heteroatoms. The maximum atomic E-state index is 11.9. The number of nitrogens with zero attached hydrogens (tertiary/aromatic N) is 1. The van der Waals surface area contributed by atoms with Gasteiger partial charge in [-0.3, -0.25) is 4.79 Å². The second kappa shape index (κ2) is 3.57. The molecule has 0 saturated heterocycles. The number of hydrogen-bond donors (Lipinski definition) is 1. The summed E-state index contributed by atoms with van der Waals surface area (Å²) in [6.45, 7) is 0. The van der Waals surface area contributed by atoms with Gasteiger partial charge in [-0.15, -0.1) is 0 Å². The molecule has 14 heavy (non-hydrogen) atoms. The van der Waals surface area contributed by atoms with Crippen LogP contribution >= 0.6 is 0 Å². The third-order valence-corrected chi connectivity index (χ3v) is 1.52. The Bertz CT molecular complexity index is 356. The van der Waals surface area contributed by atoms with Crippen LogP contribution in [0.3, 0.4) is 0 Å². The molecule has 1 aromatic rings. The van der Waals surface area contributed by atoms with Crippen LogP contribution in [0.25, 0.3) is 0 Å². The minimum atomic E-state index is -4.86. The normalized spacial score (nSPS) is 11.1. The molecule has 0 aromatic heterocycles. The van der Waals surface area contributed by atoms with Crippen molar-refractivity contribution in [1.82, 2.24) is 0 Å². The number of rotatable bonds is 2. The minimum absolute atomic E-state index is 0.198. The predicted molar refractivity (Wildman–Crippen MR) is 41.6 cm³/mol. The van der Waals surface area contributed by atoms with E-state index in [2.05, 4.69) is 5.11 Å². The molecule has 0 radical (unpaired) electrons. The standard InChI is InChI=1S/C8H5F3N2O/c9-8(10,11)7(14)5-1-3-6(13-12)4-2-5/h1-4,12H. The Morgan fingerprint density at radius 1 is 1.21 bits per heavy atom. The van der Waals surface area contributed by atoms with Crippen molar-refractivity contribution in [2.75, 3.05) is 0 Å². The van der Waals surface area contributed by atoms with E-state index in [9.17, 15) is 18.0 Å². The van der Waals surface area contributed by atoms with Gasteiger partial charge in [-0.05, 0) is 24.3 Å². The van der Waals surface area contributed by atoms with E-state index in [0.717, 1.165) is 12.1 Å². The first-order chi connectivity index (χ1) is 6.45. The fraction of sp³-hybridized carbons (Fsp3) is 0.125. The second-order valence-corrected chi connectivity index (χ2v) is 2.49. The summed E-state index contributed by atoms with van der Waals surface area (Å²) in [5, 5.41) is 2.99. The summed E-state index contributed by atoms with van der Waals surface area (Å²) in [5.74, 6) is -1.89. The van der Waals surface area contributed by atoms with E-state index in [1.807, 2.05) is 0 Å². The van der Waals surface area contributed by atoms with Gasteiger partial charge in [0.1, 0.15) is 0 Å². The van der Waals surface area contributed by atoms with E-state index < -0.39 is 17.5 Å². The summed E-state index contributed by atoms with van der Waals surface area (Å²) in [4.78, 5) is 10.7. The number of Topliss-reactive ketones (excluding diaryl/α,β-unsaturated/α-hetero) is 1. The third kappa shape index (κ3) is 2.15.